The molecule has 0 bridgehead atoms. The maximum absolute atomic E-state index is 11.0. The van der Waals surface area contributed by atoms with Gasteiger partial charge in [0.25, 0.3) is 0 Å². The average molecular weight is 421 g/mol. The fourth-order valence-electron chi connectivity index (χ4n) is 4.22. The van der Waals surface area contributed by atoms with Gasteiger partial charge in [0.1, 0.15) is 17.1 Å². The largest absolute Gasteiger partial charge is 0.386 e. The summed E-state index contributed by atoms with van der Waals surface area (Å²) in [7, 11) is 0. The van der Waals surface area contributed by atoms with Crippen LogP contribution in [0.25, 0.3) is 5.70 Å². The Kier molecular flexibility index (Phi) is 5.62. The summed E-state index contributed by atoms with van der Waals surface area (Å²) in [6.07, 6.45) is 4.06. The first-order valence-electron chi connectivity index (χ1n) is 10.9. The van der Waals surface area contributed by atoms with Crippen LogP contribution in [0.4, 0.5) is 5.82 Å². The molecule has 0 aliphatic carbocycles. The highest BCUT2D eigenvalue weighted by Crippen LogP contribution is 2.36. The van der Waals surface area contributed by atoms with Gasteiger partial charge in [0.2, 0.25) is 0 Å². The number of nitrogens with zero attached hydrogens (tertiary/aromatic N) is 3. The lowest BCUT2D eigenvalue weighted by molar-refractivity contribution is -0.0936. The van der Waals surface area contributed by atoms with E-state index in [2.05, 4.69) is 39.9 Å². The molecule has 1 saturated heterocycles. The maximum Gasteiger partial charge on any atom is 0.166 e. The number of pyridine rings is 1. The van der Waals surface area contributed by atoms with Crippen LogP contribution in [-0.2, 0) is 4.84 Å². The van der Waals surface area contributed by atoms with Crippen LogP contribution in [0.3, 0.4) is 0 Å². The van der Waals surface area contributed by atoms with E-state index >= 15 is 0 Å². The molecule has 0 radical (unpaired) electrons. The van der Waals surface area contributed by atoms with Crippen LogP contribution in [0.15, 0.2) is 54.3 Å². The average Bonchev–Trinajstić information content (AvgIpc) is 2.97. The predicted molar refractivity (Wildman–Crippen MR) is 125 cm³/mol. The van der Waals surface area contributed by atoms with Crippen molar-refractivity contribution < 1.29 is 9.94 Å². The van der Waals surface area contributed by atoms with Crippen LogP contribution < -0.4 is 10.2 Å². The van der Waals surface area contributed by atoms with Gasteiger partial charge >= 0.3 is 0 Å². The van der Waals surface area contributed by atoms with Crippen molar-refractivity contribution in [3.8, 4) is 0 Å². The van der Waals surface area contributed by atoms with Crippen LogP contribution in [0.2, 0.25) is 0 Å². The number of oxime groups is 1. The number of rotatable bonds is 5. The molecule has 1 aromatic heterocycles. The molecule has 6 nitrogen and oxygen atoms in total. The summed E-state index contributed by atoms with van der Waals surface area (Å²) in [6.45, 7) is 13.9. The molecule has 0 saturated carbocycles. The number of hydrogen-bond donors (Lipinski definition) is 2. The highest BCUT2D eigenvalue weighted by molar-refractivity contribution is 6.07. The van der Waals surface area contributed by atoms with Crippen molar-refractivity contribution in [2.24, 2.45) is 5.16 Å². The molecule has 0 amide bonds. The third kappa shape index (κ3) is 3.86. The number of aryl methyl sites for hydroxylation is 1. The molecule has 1 fully saturated rings. The summed E-state index contributed by atoms with van der Waals surface area (Å²) in [6, 6.07) is 12.4. The van der Waals surface area contributed by atoms with Crippen molar-refractivity contribution in [3.63, 3.8) is 0 Å². The van der Waals surface area contributed by atoms with Crippen LogP contribution >= 0.6 is 0 Å². The Bertz CT molecular complexity index is 989. The van der Waals surface area contributed by atoms with Gasteiger partial charge in [0, 0.05) is 30.0 Å². The third-order valence-electron chi connectivity index (χ3n) is 6.63. The zero-order chi connectivity index (χ0) is 22.2. The van der Waals surface area contributed by atoms with Crippen LogP contribution in [-0.4, -0.2) is 46.1 Å². The van der Waals surface area contributed by atoms with E-state index in [1.54, 1.807) is 6.92 Å². The number of hydrogen-bond acceptors (Lipinski definition) is 6. The Balaban J connectivity index is 1.64. The normalized spacial score (nSPS) is 24.9. The minimum Gasteiger partial charge on any atom is -0.386 e. The van der Waals surface area contributed by atoms with Crippen molar-refractivity contribution in [1.29, 1.82) is 0 Å². The minimum absolute atomic E-state index is 0.295. The molecule has 2 atom stereocenters. The van der Waals surface area contributed by atoms with E-state index in [9.17, 15) is 5.11 Å². The number of nitrogens with one attached hydrogen (secondary N) is 1. The molecule has 31 heavy (non-hydrogen) atoms. The van der Waals surface area contributed by atoms with Gasteiger partial charge < -0.3 is 20.2 Å². The second-order valence-electron chi connectivity index (χ2n) is 9.15. The van der Waals surface area contributed by atoms with Gasteiger partial charge in [-0.05, 0) is 64.3 Å². The van der Waals surface area contributed by atoms with Gasteiger partial charge in [0.05, 0.1) is 0 Å². The first kappa shape index (κ1) is 21.5. The monoisotopic (exact) mass is 420 g/mol. The molecule has 3 heterocycles. The minimum atomic E-state index is -1.17. The zero-order valence-corrected chi connectivity index (χ0v) is 18.9. The predicted octanol–water partition coefficient (Wildman–Crippen LogP) is 3.88. The first-order chi connectivity index (χ1) is 14.7. The lowest BCUT2D eigenvalue weighted by Crippen LogP contribution is -2.50. The highest BCUT2D eigenvalue weighted by Gasteiger charge is 2.51. The van der Waals surface area contributed by atoms with Gasteiger partial charge in [-0.3, -0.25) is 0 Å². The van der Waals surface area contributed by atoms with E-state index in [1.807, 2.05) is 50.4 Å². The summed E-state index contributed by atoms with van der Waals surface area (Å²) < 4.78 is 0. The fourth-order valence-corrected chi connectivity index (χ4v) is 4.22. The van der Waals surface area contributed by atoms with E-state index in [1.165, 1.54) is 0 Å². The Morgan fingerprint density at radius 2 is 1.97 bits per heavy atom. The molecule has 1 aromatic carbocycles. The van der Waals surface area contributed by atoms with Crippen LogP contribution in [0.1, 0.15) is 50.3 Å². The van der Waals surface area contributed by atoms with Crippen molar-refractivity contribution in [1.82, 2.24) is 10.3 Å². The topological polar surface area (TPSA) is 70.0 Å². The molecule has 2 aromatic rings. The number of aromatic nitrogens is 1. The van der Waals surface area contributed by atoms with Gasteiger partial charge in [-0.1, -0.05) is 42.1 Å². The number of anilines is 1. The van der Waals surface area contributed by atoms with Crippen LogP contribution in [0.5, 0.6) is 0 Å². The van der Waals surface area contributed by atoms with E-state index in [0.29, 0.717) is 11.8 Å². The molecule has 2 aliphatic rings. The maximum atomic E-state index is 11.0. The molecule has 6 heteroatoms. The number of aliphatic hydroxyl groups is 1. The molecular weight excluding hydrogens is 388 g/mol. The lowest BCUT2D eigenvalue weighted by Gasteiger charge is -2.37. The van der Waals surface area contributed by atoms with Crippen LogP contribution in [0, 0.1) is 6.92 Å². The van der Waals surface area contributed by atoms with Crippen molar-refractivity contribution in [2.75, 3.05) is 18.0 Å². The quantitative estimate of drug-likeness (QED) is 0.768. The van der Waals surface area contributed by atoms with E-state index < -0.39 is 11.2 Å². The van der Waals surface area contributed by atoms with E-state index in [0.717, 1.165) is 54.1 Å². The van der Waals surface area contributed by atoms with Gasteiger partial charge in [-0.15, -0.1) is 0 Å². The van der Waals surface area contributed by atoms with Crippen molar-refractivity contribution >= 4 is 17.2 Å². The van der Waals surface area contributed by atoms with Crippen molar-refractivity contribution in [2.45, 2.75) is 57.8 Å². The van der Waals surface area contributed by atoms with Crippen molar-refractivity contribution in [3.05, 3.63) is 65.9 Å². The smallest absolute Gasteiger partial charge is 0.166 e. The fraction of sp³-hybridized carbons (Fsp3) is 0.440. The molecular formula is C25H32N4O2. The standard InChI is InChI=1S/C25H32N4O2/c1-17-8-6-15-27-23(17)29(21-9-7-14-26-16-21)18(2)19-10-12-20(13-11-19)22-25(5,30)24(3,4)31-28-22/h6,8,10-13,15,21,26,30H,2,7,9,14,16H2,1,3-5H3. The van der Waals surface area contributed by atoms with Gasteiger partial charge in [-0.25, -0.2) is 4.98 Å². The van der Waals surface area contributed by atoms with Gasteiger partial charge in [0.15, 0.2) is 5.60 Å². The molecule has 2 unspecified atom stereocenters. The summed E-state index contributed by atoms with van der Waals surface area (Å²) >= 11 is 0. The van der Waals surface area contributed by atoms with E-state index in [4.69, 9.17) is 4.84 Å². The second-order valence-corrected chi connectivity index (χ2v) is 9.15. The summed E-state index contributed by atoms with van der Waals surface area (Å²) in [5, 5.41) is 18.6. The molecule has 4 rings (SSSR count). The summed E-state index contributed by atoms with van der Waals surface area (Å²) in [4.78, 5) is 12.4. The molecule has 2 N–H and O–H groups in total. The second kappa shape index (κ2) is 8.09. The SMILES string of the molecule is C=C(c1ccc(C2=NOC(C)(C)C2(C)O)cc1)N(c1ncccc1C)C1CCCNC1. The Hall–Kier alpha value is -2.70. The van der Waals surface area contributed by atoms with Gasteiger partial charge in [-0.2, -0.15) is 0 Å². The lowest BCUT2D eigenvalue weighted by atomic mass is 9.81. The van der Waals surface area contributed by atoms with E-state index in [-0.39, 0.29) is 0 Å². The molecule has 164 valence electrons. The Morgan fingerprint density at radius 3 is 2.55 bits per heavy atom. The highest BCUT2D eigenvalue weighted by atomic mass is 16.7. The number of benzene rings is 1. The Morgan fingerprint density at radius 1 is 1.23 bits per heavy atom. The third-order valence-corrected chi connectivity index (χ3v) is 6.63. The molecule has 0 spiro atoms. The Labute approximate surface area is 184 Å². The summed E-state index contributed by atoms with van der Waals surface area (Å²) in [5.41, 5.74) is 2.50. The zero-order valence-electron chi connectivity index (χ0n) is 18.9. The first-order valence-corrected chi connectivity index (χ1v) is 10.9. The number of piperidine rings is 1. The summed E-state index contributed by atoms with van der Waals surface area (Å²) in [5.74, 6) is 0.948. The molecule has 2 aliphatic heterocycles.